The van der Waals surface area contributed by atoms with Crippen LogP contribution in [0.15, 0.2) is 71.6 Å². The van der Waals surface area contributed by atoms with Gasteiger partial charge in [0.2, 0.25) is 0 Å². The number of carbonyl (C=O) groups excluding carboxylic acids is 2. The van der Waals surface area contributed by atoms with E-state index in [0.717, 1.165) is 33.9 Å². The Balaban J connectivity index is 1.42. The molecule has 32 heavy (non-hydrogen) atoms. The molecular weight excluding hydrogens is 449 g/mol. The normalized spacial score (nSPS) is 15.0. The van der Waals surface area contributed by atoms with Gasteiger partial charge in [0.15, 0.2) is 0 Å². The number of carbonyl (C=O) groups is 2. The van der Waals surface area contributed by atoms with E-state index >= 15 is 0 Å². The van der Waals surface area contributed by atoms with E-state index < -0.39 is 11.7 Å². The molecule has 4 nitrogen and oxygen atoms in total. The van der Waals surface area contributed by atoms with Crippen molar-refractivity contribution in [2.45, 2.75) is 20.1 Å². The molecule has 3 aromatic rings. The van der Waals surface area contributed by atoms with E-state index in [2.05, 4.69) is 0 Å². The molecule has 0 unspecified atom stereocenters. The van der Waals surface area contributed by atoms with E-state index in [0.29, 0.717) is 22.8 Å². The molecule has 162 valence electrons. The highest BCUT2D eigenvalue weighted by Crippen LogP contribution is 2.34. The SMILES string of the molecule is Cc1ccccc1COc1ccc(/C=C2\SC(=O)N(Cc3ccc(F)cc3Cl)C2=O)cc1. The first kappa shape index (κ1) is 22.1. The Kier molecular flexibility index (Phi) is 6.63. The maximum absolute atomic E-state index is 13.2. The molecule has 0 spiro atoms. The largest absolute Gasteiger partial charge is 0.489 e. The summed E-state index contributed by atoms with van der Waals surface area (Å²) < 4.78 is 19.1. The molecule has 4 rings (SSSR count). The summed E-state index contributed by atoms with van der Waals surface area (Å²) in [5.74, 6) is -0.163. The van der Waals surface area contributed by atoms with Gasteiger partial charge in [-0.15, -0.1) is 0 Å². The molecule has 2 amide bonds. The monoisotopic (exact) mass is 467 g/mol. The second-order valence-electron chi connectivity index (χ2n) is 7.29. The fourth-order valence-electron chi connectivity index (χ4n) is 3.20. The maximum Gasteiger partial charge on any atom is 0.293 e. The summed E-state index contributed by atoms with van der Waals surface area (Å²) in [7, 11) is 0. The number of nitrogens with zero attached hydrogens (tertiary/aromatic N) is 1. The van der Waals surface area contributed by atoms with Crippen molar-refractivity contribution in [1.82, 2.24) is 4.90 Å². The first-order valence-corrected chi connectivity index (χ1v) is 11.1. The van der Waals surface area contributed by atoms with Crippen LogP contribution in [0.4, 0.5) is 9.18 Å². The lowest BCUT2D eigenvalue weighted by molar-refractivity contribution is -0.123. The zero-order valence-electron chi connectivity index (χ0n) is 17.2. The van der Waals surface area contributed by atoms with E-state index in [-0.39, 0.29) is 16.8 Å². The number of rotatable bonds is 6. The van der Waals surface area contributed by atoms with Crippen LogP contribution in [0.25, 0.3) is 6.08 Å². The smallest absolute Gasteiger partial charge is 0.293 e. The minimum absolute atomic E-state index is 0.00714. The fraction of sp³-hybridized carbons (Fsp3) is 0.120. The van der Waals surface area contributed by atoms with E-state index in [4.69, 9.17) is 16.3 Å². The fourth-order valence-corrected chi connectivity index (χ4v) is 4.27. The van der Waals surface area contributed by atoms with Crippen LogP contribution in [0, 0.1) is 12.7 Å². The molecule has 0 N–H and O–H groups in total. The molecular formula is C25H19ClFNO3S. The van der Waals surface area contributed by atoms with Crippen LogP contribution in [0.2, 0.25) is 5.02 Å². The third-order valence-corrected chi connectivity index (χ3v) is 6.31. The van der Waals surface area contributed by atoms with E-state index in [1.165, 1.54) is 17.7 Å². The van der Waals surface area contributed by atoms with E-state index in [1.54, 1.807) is 6.08 Å². The van der Waals surface area contributed by atoms with E-state index in [1.807, 2.05) is 55.5 Å². The third-order valence-electron chi connectivity index (χ3n) is 5.05. The van der Waals surface area contributed by atoms with Gasteiger partial charge in [-0.3, -0.25) is 14.5 Å². The molecule has 1 heterocycles. The average Bonchev–Trinajstić information content (AvgIpc) is 3.03. The van der Waals surface area contributed by atoms with Gasteiger partial charge in [-0.25, -0.2) is 4.39 Å². The highest BCUT2D eigenvalue weighted by atomic mass is 35.5. The first-order valence-electron chi connectivity index (χ1n) is 9.87. The van der Waals surface area contributed by atoms with Crippen LogP contribution in [0.3, 0.4) is 0 Å². The number of hydrogen-bond acceptors (Lipinski definition) is 4. The van der Waals surface area contributed by atoms with Crippen molar-refractivity contribution in [3.05, 3.63) is 105 Å². The molecule has 1 aliphatic heterocycles. The molecule has 1 saturated heterocycles. The molecule has 0 saturated carbocycles. The van der Waals surface area contributed by atoms with Gasteiger partial charge < -0.3 is 4.74 Å². The summed E-state index contributed by atoms with van der Waals surface area (Å²) in [5.41, 5.74) is 3.57. The summed E-state index contributed by atoms with van der Waals surface area (Å²) in [5, 5.41) is -0.214. The second kappa shape index (κ2) is 9.59. The van der Waals surface area contributed by atoms with Gasteiger partial charge in [0, 0.05) is 5.02 Å². The van der Waals surface area contributed by atoms with Gasteiger partial charge >= 0.3 is 0 Å². The minimum atomic E-state index is -0.473. The summed E-state index contributed by atoms with van der Waals surface area (Å²) in [6.07, 6.45) is 1.67. The molecule has 0 bridgehead atoms. The number of thioether (sulfide) groups is 1. The standard InChI is InChI=1S/C25H19ClFNO3S/c1-16-4-2-3-5-19(16)15-31-21-10-6-17(7-11-21)12-23-24(29)28(25(30)32-23)14-18-8-9-20(27)13-22(18)26/h2-13H,14-15H2,1H3/b23-12-. The van der Waals surface area contributed by atoms with Gasteiger partial charge in [-0.05, 0) is 71.3 Å². The lowest BCUT2D eigenvalue weighted by atomic mass is 10.1. The highest BCUT2D eigenvalue weighted by molar-refractivity contribution is 8.18. The average molecular weight is 468 g/mol. The highest BCUT2D eigenvalue weighted by Gasteiger charge is 2.35. The van der Waals surface area contributed by atoms with Crippen molar-refractivity contribution in [2.75, 3.05) is 0 Å². The van der Waals surface area contributed by atoms with Gasteiger partial charge in [-0.2, -0.15) is 0 Å². The van der Waals surface area contributed by atoms with Crippen molar-refractivity contribution in [3.63, 3.8) is 0 Å². The Morgan fingerprint density at radius 1 is 1.03 bits per heavy atom. The van der Waals surface area contributed by atoms with Crippen molar-refractivity contribution < 1.29 is 18.7 Å². The summed E-state index contributed by atoms with van der Waals surface area (Å²) in [6, 6.07) is 19.2. The number of halogens is 2. The molecule has 3 aromatic carbocycles. The molecule has 7 heteroatoms. The van der Waals surface area contributed by atoms with Crippen LogP contribution in [0.5, 0.6) is 5.75 Å². The molecule has 0 aromatic heterocycles. The topological polar surface area (TPSA) is 46.6 Å². The van der Waals surface area contributed by atoms with Gasteiger partial charge in [0.25, 0.3) is 11.1 Å². The number of hydrogen-bond donors (Lipinski definition) is 0. The van der Waals surface area contributed by atoms with Crippen LogP contribution >= 0.6 is 23.4 Å². The summed E-state index contributed by atoms with van der Waals surface area (Å²) >= 11 is 6.90. The van der Waals surface area contributed by atoms with Crippen LogP contribution in [-0.2, 0) is 17.9 Å². The predicted octanol–water partition coefficient (Wildman–Crippen LogP) is 6.60. The van der Waals surface area contributed by atoms with Crippen molar-refractivity contribution in [3.8, 4) is 5.75 Å². The second-order valence-corrected chi connectivity index (χ2v) is 8.69. The Morgan fingerprint density at radius 2 is 1.78 bits per heavy atom. The Hall–Kier alpha value is -3.09. The first-order chi connectivity index (χ1) is 15.4. The summed E-state index contributed by atoms with van der Waals surface area (Å²) in [4.78, 5) is 26.5. The quantitative estimate of drug-likeness (QED) is 0.383. The van der Waals surface area contributed by atoms with Gasteiger partial charge in [-0.1, -0.05) is 54.1 Å². The van der Waals surface area contributed by atoms with Crippen molar-refractivity contribution in [1.29, 1.82) is 0 Å². The third kappa shape index (κ3) is 5.03. The lowest BCUT2D eigenvalue weighted by Crippen LogP contribution is -2.27. The number of imide groups is 1. The van der Waals surface area contributed by atoms with E-state index in [9.17, 15) is 14.0 Å². The summed E-state index contributed by atoms with van der Waals surface area (Å²) in [6.45, 7) is 2.50. The number of ether oxygens (including phenoxy) is 1. The Bertz CT molecular complexity index is 1210. The zero-order chi connectivity index (χ0) is 22.7. The molecule has 0 atom stereocenters. The Labute approximate surface area is 194 Å². The van der Waals surface area contributed by atoms with Gasteiger partial charge in [0.05, 0.1) is 11.4 Å². The predicted molar refractivity (Wildman–Crippen MR) is 125 cm³/mol. The Morgan fingerprint density at radius 3 is 2.50 bits per heavy atom. The molecule has 0 aliphatic carbocycles. The maximum atomic E-state index is 13.2. The number of aryl methyl sites for hydroxylation is 1. The zero-order valence-corrected chi connectivity index (χ0v) is 18.8. The number of benzene rings is 3. The number of amides is 2. The minimum Gasteiger partial charge on any atom is -0.489 e. The lowest BCUT2D eigenvalue weighted by Gasteiger charge is -2.13. The van der Waals surface area contributed by atoms with Crippen LogP contribution < -0.4 is 4.74 Å². The van der Waals surface area contributed by atoms with Crippen molar-refractivity contribution in [2.24, 2.45) is 0 Å². The van der Waals surface area contributed by atoms with Gasteiger partial charge in [0.1, 0.15) is 18.2 Å². The van der Waals surface area contributed by atoms with Crippen LogP contribution in [-0.4, -0.2) is 16.0 Å². The molecule has 1 aliphatic rings. The molecule has 0 radical (unpaired) electrons. The van der Waals surface area contributed by atoms with Crippen molar-refractivity contribution >= 4 is 40.6 Å². The van der Waals surface area contributed by atoms with Crippen LogP contribution in [0.1, 0.15) is 22.3 Å². The molecule has 1 fully saturated rings.